The third-order valence-electron chi connectivity index (χ3n) is 6.75. The number of rotatable bonds is 9. The van der Waals surface area contributed by atoms with Crippen LogP contribution < -0.4 is 10.6 Å². The lowest BCUT2D eigenvalue weighted by atomic mass is 10.00. The number of thioether (sulfide) groups is 2. The van der Waals surface area contributed by atoms with Gasteiger partial charge in [-0.05, 0) is 84.6 Å². The van der Waals surface area contributed by atoms with Gasteiger partial charge in [-0.1, -0.05) is 59.9 Å². The number of amides is 2. The summed E-state index contributed by atoms with van der Waals surface area (Å²) in [5.74, 6) is 0.324. The molecule has 0 aliphatic rings. The van der Waals surface area contributed by atoms with Gasteiger partial charge in [0.25, 0.3) is 0 Å². The van der Waals surface area contributed by atoms with E-state index in [1.54, 1.807) is 0 Å². The largest absolute Gasteiger partial charge is 0.333 e. The van der Waals surface area contributed by atoms with Crippen molar-refractivity contribution >= 4 is 68.8 Å². The number of benzene rings is 4. The standard InChI is InChI=1S/C32H28N6O2S2/c1-19-15-21(11-13-23(19)33-29(39)17-41-31-35-25-7-3-4-8-26(25)36-31)22-12-14-24(20(2)16-22)34-30(40)18-42-32-37-27-9-5-6-10-28(27)38-32/h3-16H,17-18H2,1-2H3,(H,33,39)(H,34,40)(H,35,36)(H,37,38). The monoisotopic (exact) mass is 592 g/mol. The SMILES string of the molecule is Cc1cc(-c2ccc(NC(=O)CSc3nc4ccccc4[nH]3)c(C)c2)ccc1NC(=O)CSc1nc2ccccc2[nH]1. The van der Waals surface area contributed by atoms with Crippen molar-refractivity contribution in [2.45, 2.75) is 24.2 Å². The zero-order valence-electron chi connectivity index (χ0n) is 23.0. The zero-order chi connectivity index (χ0) is 29.1. The third kappa shape index (κ3) is 6.35. The number of carbonyl (C=O) groups excluding carboxylic acids is 2. The van der Waals surface area contributed by atoms with Crippen LogP contribution in [0, 0.1) is 13.8 Å². The minimum Gasteiger partial charge on any atom is -0.333 e. The number of nitrogens with zero attached hydrogens (tertiary/aromatic N) is 2. The summed E-state index contributed by atoms with van der Waals surface area (Å²) in [5, 5.41) is 7.46. The second-order valence-electron chi connectivity index (χ2n) is 9.85. The molecule has 0 saturated heterocycles. The van der Waals surface area contributed by atoms with Crippen LogP contribution in [0.3, 0.4) is 0 Å². The number of anilines is 2. The molecule has 0 spiro atoms. The van der Waals surface area contributed by atoms with Crippen molar-refractivity contribution in [2.75, 3.05) is 22.1 Å². The molecule has 0 radical (unpaired) electrons. The number of para-hydroxylation sites is 4. The summed E-state index contributed by atoms with van der Waals surface area (Å²) in [4.78, 5) is 40.8. The summed E-state index contributed by atoms with van der Waals surface area (Å²) in [6.45, 7) is 3.96. The van der Waals surface area contributed by atoms with Crippen LogP contribution in [0.25, 0.3) is 33.2 Å². The van der Waals surface area contributed by atoms with Gasteiger partial charge in [0.05, 0.1) is 33.6 Å². The number of H-pyrrole nitrogens is 2. The van der Waals surface area contributed by atoms with E-state index in [-0.39, 0.29) is 23.3 Å². The first kappa shape index (κ1) is 27.6. The van der Waals surface area contributed by atoms with Crippen molar-refractivity contribution in [2.24, 2.45) is 0 Å². The lowest BCUT2D eigenvalue weighted by Crippen LogP contribution is -2.15. The first-order chi connectivity index (χ1) is 20.4. The Morgan fingerprint density at radius 3 is 1.48 bits per heavy atom. The summed E-state index contributed by atoms with van der Waals surface area (Å²) < 4.78 is 0. The average molecular weight is 593 g/mol. The first-order valence-corrected chi connectivity index (χ1v) is 15.3. The van der Waals surface area contributed by atoms with Crippen LogP contribution in [0.15, 0.2) is 95.2 Å². The summed E-state index contributed by atoms with van der Waals surface area (Å²) in [7, 11) is 0. The van der Waals surface area contributed by atoms with E-state index in [4.69, 9.17) is 0 Å². The molecule has 210 valence electrons. The molecule has 0 aliphatic heterocycles. The van der Waals surface area contributed by atoms with Crippen molar-refractivity contribution in [3.63, 3.8) is 0 Å². The molecule has 8 nitrogen and oxygen atoms in total. The first-order valence-electron chi connectivity index (χ1n) is 13.4. The molecule has 2 amide bonds. The molecule has 0 fully saturated rings. The second-order valence-corrected chi connectivity index (χ2v) is 11.8. The molecule has 0 atom stereocenters. The lowest BCUT2D eigenvalue weighted by molar-refractivity contribution is -0.114. The number of fused-ring (bicyclic) bond motifs is 2. The van der Waals surface area contributed by atoms with Crippen LogP contribution in [-0.2, 0) is 9.59 Å². The number of aryl methyl sites for hydroxylation is 2. The van der Waals surface area contributed by atoms with Crippen LogP contribution in [0.1, 0.15) is 11.1 Å². The number of carbonyl (C=O) groups is 2. The maximum atomic E-state index is 12.6. The maximum absolute atomic E-state index is 12.6. The molecule has 2 aromatic heterocycles. The van der Waals surface area contributed by atoms with E-state index < -0.39 is 0 Å². The normalized spacial score (nSPS) is 11.2. The number of imidazole rings is 2. The van der Waals surface area contributed by atoms with Gasteiger partial charge < -0.3 is 20.6 Å². The topological polar surface area (TPSA) is 116 Å². The zero-order valence-corrected chi connectivity index (χ0v) is 24.7. The summed E-state index contributed by atoms with van der Waals surface area (Å²) in [5.41, 5.74) is 9.22. The molecule has 0 unspecified atom stereocenters. The highest BCUT2D eigenvalue weighted by Crippen LogP contribution is 2.29. The predicted octanol–water partition coefficient (Wildman–Crippen LogP) is 7.18. The number of aromatic nitrogens is 4. The molecule has 2 heterocycles. The van der Waals surface area contributed by atoms with Gasteiger partial charge in [0.1, 0.15) is 0 Å². The van der Waals surface area contributed by atoms with E-state index in [1.165, 1.54) is 23.5 Å². The number of nitrogens with one attached hydrogen (secondary N) is 4. The Labute approximate surface area is 251 Å². The van der Waals surface area contributed by atoms with E-state index in [1.807, 2.05) is 86.6 Å². The van der Waals surface area contributed by atoms with Gasteiger partial charge in [-0.15, -0.1) is 0 Å². The van der Waals surface area contributed by atoms with Crippen molar-refractivity contribution in [1.82, 2.24) is 19.9 Å². The molecule has 4 aromatic carbocycles. The van der Waals surface area contributed by atoms with Gasteiger partial charge in [-0.2, -0.15) is 0 Å². The van der Waals surface area contributed by atoms with Gasteiger partial charge in [0.15, 0.2) is 10.3 Å². The van der Waals surface area contributed by atoms with E-state index in [0.717, 1.165) is 66.0 Å². The highest BCUT2D eigenvalue weighted by molar-refractivity contribution is 8.00. The summed E-state index contributed by atoms with van der Waals surface area (Å²) in [6, 6.07) is 27.5. The van der Waals surface area contributed by atoms with Crippen molar-refractivity contribution in [1.29, 1.82) is 0 Å². The minimum atomic E-state index is -0.0919. The van der Waals surface area contributed by atoms with Gasteiger partial charge in [0, 0.05) is 11.4 Å². The van der Waals surface area contributed by atoms with Gasteiger partial charge in [-0.3, -0.25) is 9.59 Å². The average Bonchev–Trinajstić information content (AvgIpc) is 3.61. The smallest absolute Gasteiger partial charge is 0.234 e. The van der Waals surface area contributed by atoms with Crippen LogP contribution in [-0.4, -0.2) is 43.3 Å². The third-order valence-corrected chi connectivity index (χ3v) is 8.50. The van der Waals surface area contributed by atoms with Gasteiger partial charge in [0.2, 0.25) is 11.8 Å². The summed E-state index contributed by atoms with van der Waals surface area (Å²) in [6.07, 6.45) is 0. The van der Waals surface area contributed by atoms with Crippen LogP contribution >= 0.6 is 23.5 Å². The van der Waals surface area contributed by atoms with Crippen LogP contribution in [0.5, 0.6) is 0 Å². The molecule has 0 saturated carbocycles. The van der Waals surface area contributed by atoms with Crippen LogP contribution in [0.4, 0.5) is 11.4 Å². The highest BCUT2D eigenvalue weighted by Gasteiger charge is 2.12. The number of aromatic amines is 2. The fourth-order valence-electron chi connectivity index (χ4n) is 4.60. The molecule has 0 bridgehead atoms. The quantitative estimate of drug-likeness (QED) is 0.132. The molecule has 42 heavy (non-hydrogen) atoms. The number of hydrogen-bond donors (Lipinski definition) is 4. The Morgan fingerprint density at radius 1 is 0.643 bits per heavy atom. The van der Waals surface area contributed by atoms with Crippen molar-refractivity contribution in [3.05, 3.63) is 96.1 Å². The van der Waals surface area contributed by atoms with E-state index >= 15 is 0 Å². The molecule has 10 heteroatoms. The Hall–Kier alpha value is -4.54. The Morgan fingerprint density at radius 2 is 1.07 bits per heavy atom. The Balaban J connectivity index is 1.04. The minimum absolute atomic E-state index is 0.0919. The van der Waals surface area contributed by atoms with Crippen molar-refractivity contribution < 1.29 is 9.59 Å². The lowest BCUT2D eigenvalue weighted by Gasteiger charge is -2.13. The van der Waals surface area contributed by atoms with E-state index in [9.17, 15) is 9.59 Å². The predicted molar refractivity (Wildman–Crippen MR) is 172 cm³/mol. The van der Waals surface area contributed by atoms with Gasteiger partial charge >= 0.3 is 0 Å². The van der Waals surface area contributed by atoms with Crippen LogP contribution in [0.2, 0.25) is 0 Å². The number of hydrogen-bond acceptors (Lipinski definition) is 6. The second kappa shape index (κ2) is 12.1. The molecule has 0 aliphatic carbocycles. The van der Waals surface area contributed by atoms with E-state index in [2.05, 4.69) is 42.7 Å². The molecule has 6 aromatic rings. The molecule has 4 N–H and O–H groups in total. The summed E-state index contributed by atoms with van der Waals surface area (Å²) >= 11 is 2.75. The maximum Gasteiger partial charge on any atom is 0.234 e. The van der Waals surface area contributed by atoms with E-state index in [0.29, 0.717) is 0 Å². The van der Waals surface area contributed by atoms with Gasteiger partial charge in [-0.25, -0.2) is 9.97 Å². The Bertz CT molecular complexity index is 1720. The fourth-order valence-corrected chi connectivity index (χ4v) is 5.97. The fraction of sp³-hybridized carbons (Fsp3) is 0.125. The molecular formula is C32H28N6O2S2. The highest BCUT2D eigenvalue weighted by atomic mass is 32.2. The molecular weight excluding hydrogens is 565 g/mol. The Kier molecular flexibility index (Phi) is 7.98. The molecule has 6 rings (SSSR count). The van der Waals surface area contributed by atoms with Crippen molar-refractivity contribution in [3.8, 4) is 11.1 Å².